The first kappa shape index (κ1) is 18.8. The average Bonchev–Trinajstić information content (AvgIpc) is 2.40. The van der Waals surface area contributed by atoms with Gasteiger partial charge >= 0.3 is 0 Å². The molecule has 0 fully saturated rings. The monoisotopic (exact) mass is 514 g/mol. The van der Waals surface area contributed by atoms with Crippen molar-refractivity contribution >= 4 is 80.5 Å². The SMILES string of the molecule is O=C(CI)NCCS/C=C/SCCNC(=O)CI. The van der Waals surface area contributed by atoms with Crippen LogP contribution in [0.2, 0.25) is 0 Å². The summed E-state index contributed by atoms with van der Waals surface area (Å²) in [6, 6.07) is 0. The molecule has 0 aliphatic heterocycles. The predicted octanol–water partition coefficient (Wildman–Crippen LogP) is 2.03. The van der Waals surface area contributed by atoms with E-state index in [-0.39, 0.29) is 11.8 Å². The third-order valence-electron chi connectivity index (χ3n) is 1.57. The molecule has 2 N–H and O–H groups in total. The molecule has 0 aromatic heterocycles. The summed E-state index contributed by atoms with van der Waals surface area (Å²) in [5.41, 5.74) is 0. The molecule has 104 valence electrons. The second-order valence-corrected chi connectivity index (χ2v) is 6.53. The van der Waals surface area contributed by atoms with E-state index in [4.69, 9.17) is 0 Å². The van der Waals surface area contributed by atoms with Crippen molar-refractivity contribution in [3.05, 3.63) is 10.8 Å². The van der Waals surface area contributed by atoms with Crippen molar-refractivity contribution in [2.24, 2.45) is 0 Å². The fraction of sp³-hybridized carbons (Fsp3) is 0.600. The van der Waals surface area contributed by atoms with Crippen molar-refractivity contribution in [2.75, 3.05) is 33.5 Å². The van der Waals surface area contributed by atoms with Crippen molar-refractivity contribution in [1.82, 2.24) is 10.6 Å². The van der Waals surface area contributed by atoms with Crippen LogP contribution >= 0.6 is 68.7 Å². The maximum Gasteiger partial charge on any atom is 0.229 e. The number of carbonyl (C=O) groups excluding carboxylic acids is 2. The Balaban J connectivity index is 3.23. The largest absolute Gasteiger partial charge is 0.355 e. The van der Waals surface area contributed by atoms with Crippen LogP contribution in [0.3, 0.4) is 0 Å². The smallest absolute Gasteiger partial charge is 0.229 e. The number of amides is 2. The van der Waals surface area contributed by atoms with Crippen molar-refractivity contribution in [1.29, 1.82) is 0 Å². The highest BCUT2D eigenvalue weighted by atomic mass is 127. The number of rotatable bonds is 10. The molecular formula is C10H16I2N2O2S2. The summed E-state index contributed by atoms with van der Waals surface area (Å²) in [6.45, 7) is 1.40. The van der Waals surface area contributed by atoms with Crippen LogP contribution in [-0.4, -0.2) is 45.3 Å². The van der Waals surface area contributed by atoms with Gasteiger partial charge in [0.25, 0.3) is 0 Å². The Labute approximate surface area is 144 Å². The van der Waals surface area contributed by atoms with Crippen molar-refractivity contribution in [2.45, 2.75) is 0 Å². The van der Waals surface area contributed by atoms with Crippen LogP contribution in [0.4, 0.5) is 0 Å². The van der Waals surface area contributed by atoms with Crippen molar-refractivity contribution in [3.8, 4) is 0 Å². The zero-order valence-corrected chi connectivity index (χ0v) is 15.7. The number of halogens is 2. The Morgan fingerprint density at radius 1 is 0.889 bits per heavy atom. The maximum atomic E-state index is 10.9. The summed E-state index contributed by atoms with van der Waals surface area (Å²) >= 11 is 7.42. The maximum absolute atomic E-state index is 10.9. The molecule has 0 atom stereocenters. The molecular weight excluding hydrogens is 498 g/mol. The van der Waals surface area contributed by atoms with E-state index < -0.39 is 0 Å². The Bertz CT molecular complexity index is 253. The minimum atomic E-state index is 0.0839. The fourth-order valence-corrected chi connectivity index (χ4v) is 2.69. The van der Waals surface area contributed by atoms with Crippen LogP contribution < -0.4 is 10.6 Å². The molecule has 0 saturated heterocycles. The van der Waals surface area contributed by atoms with E-state index in [0.29, 0.717) is 21.9 Å². The first-order valence-corrected chi connectivity index (χ1v) is 10.4. The van der Waals surface area contributed by atoms with Crippen LogP contribution in [0.5, 0.6) is 0 Å². The van der Waals surface area contributed by atoms with Gasteiger partial charge in [-0.1, -0.05) is 45.2 Å². The number of hydrogen-bond donors (Lipinski definition) is 2. The molecule has 18 heavy (non-hydrogen) atoms. The molecule has 4 nitrogen and oxygen atoms in total. The van der Waals surface area contributed by atoms with Gasteiger partial charge in [-0.25, -0.2) is 0 Å². The van der Waals surface area contributed by atoms with Gasteiger partial charge in [0.15, 0.2) is 0 Å². The van der Waals surface area contributed by atoms with Crippen LogP contribution in [0.15, 0.2) is 10.8 Å². The molecule has 0 aliphatic carbocycles. The summed E-state index contributed by atoms with van der Waals surface area (Å²) in [5.74, 6) is 1.93. The normalized spacial score (nSPS) is 10.6. The first-order valence-electron chi connectivity index (χ1n) is 5.24. The number of nitrogens with one attached hydrogen (secondary N) is 2. The summed E-state index contributed by atoms with van der Waals surface area (Å²) in [5, 5.41) is 9.64. The van der Waals surface area contributed by atoms with Gasteiger partial charge in [0.1, 0.15) is 0 Å². The molecule has 0 spiro atoms. The molecule has 2 amide bonds. The minimum absolute atomic E-state index is 0.0839. The Hall–Kier alpha value is 0.840. The third kappa shape index (κ3) is 13.3. The zero-order valence-electron chi connectivity index (χ0n) is 9.79. The average molecular weight is 514 g/mol. The summed E-state index contributed by atoms with van der Waals surface area (Å²) in [7, 11) is 0. The molecule has 0 unspecified atom stereocenters. The van der Waals surface area contributed by atoms with E-state index in [2.05, 4.69) is 10.6 Å². The van der Waals surface area contributed by atoms with Crippen molar-refractivity contribution in [3.63, 3.8) is 0 Å². The topological polar surface area (TPSA) is 58.2 Å². The van der Waals surface area contributed by atoms with E-state index in [9.17, 15) is 9.59 Å². The molecule has 0 aromatic carbocycles. The molecule has 8 heteroatoms. The van der Waals surface area contributed by atoms with Gasteiger partial charge in [0.05, 0.1) is 8.86 Å². The van der Waals surface area contributed by atoms with Gasteiger partial charge in [-0.2, -0.15) is 0 Å². The standard InChI is InChI=1S/C10H16I2N2O2S2/c11-7-9(15)13-1-3-17-5-6-18-4-2-14-10(16)8-12/h5-6H,1-4,7-8H2,(H,13,15)(H,14,16)/b6-5+. The highest BCUT2D eigenvalue weighted by Gasteiger charge is 1.95. The number of alkyl halides is 2. The van der Waals surface area contributed by atoms with Crippen LogP contribution in [0.25, 0.3) is 0 Å². The van der Waals surface area contributed by atoms with Crippen LogP contribution in [-0.2, 0) is 9.59 Å². The lowest BCUT2D eigenvalue weighted by Crippen LogP contribution is -2.26. The van der Waals surface area contributed by atoms with Gasteiger partial charge in [-0.3, -0.25) is 9.59 Å². The lowest BCUT2D eigenvalue weighted by Gasteiger charge is -2.01. The Morgan fingerprint density at radius 3 is 1.61 bits per heavy atom. The van der Waals surface area contributed by atoms with E-state index >= 15 is 0 Å². The van der Waals surface area contributed by atoms with Gasteiger partial charge in [0, 0.05) is 24.6 Å². The molecule has 0 aliphatic rings. The van der Waals surface area contributed by atoms with Crippen LogP contribution in [0, 0.1) is 0 Å². The van der Waals surface area contributed by atoms with Gasteiger partial charge in [0.2, 0.25) is 11.8 Å². The highest BCUT2D eigenvalue weighted by Crippen LogP contribution is 2.07. The number of carbonyl (C=O) groups is 2. The molecule has 0 saturated carbocycles. The van der Waals surface area contributed by atoms with Crippen LogP contribution in [0.1, 0.15) is 0 Å². The lowest BCUT2D eigenvalue weighted by atomic mass is 10.6. The predicted molar refractivity (Wildman–Crippen MR) is 97.8 cm³/mol. The summed E-state index contributed by atoms with van der Waals surface area (Å²) in [4.78, 5) is 21.8. The third-order valence-corrected chi connectivity index (χ3v) is 4.67. The molecule has 0 bridgehead atoms. The Morgan fingerprint density at radius 2 is 1.28 bits per heavy atom. The van der Waals surface area contributed by atoms with Gasteiger partial charge in [-0.05, 0) is 10.8 Å². The number of thioether (sulfide) groups is 2. The van der Waals surface area contributed by atoms with E-state index in [1.54, 1.807) is 23.5 Å². The van der Waals surface area contributed by atoms with Gasteiger partial charge < -0.3 is 10.6 Å². The second-order valence-electron chi connectivity index (χ2n) is 2.98. The molecule has 0 aromatic rings. The second kappa shape index (κ2) is 14.3. The lowest BCUT2D eigenvalue weighted by molar-refractivity contribution is -0.119. The number of hydrogen-bond acceptors (Lipinski definition) is 4. The van der Waals surface area contributed by atoms with E-state index in [1.165, 1.54) is 0 Å². The Kier molecular flexibility index (Phi) is 14.9. The summed E-state index contributed by atoms with van der Waals surface area (Å²) < 4.78 is 1.02. The van der Waals surface area contributed by atoms with Gasteiger partial charge in [-0.15, -0.1) is 23.5 Å². The first-order chi connectivity index (χ1) is 8.70. The highest BCUT2D eigenvalue weighted by molar-refractivity contribution is 14.1. The van der Waals surface area contributed by atoms with E-state index in [1.807, 2.05) is 56.0 Å². The molecule has 0 rings (SSSR count). The minimum Gasteiger partial charge on any atom is -0.355 e. The van der Waals surface area contributed by atoms with Crippen molar-refractivity contribution < 1.29 is 9.59 Å². The fourth-order valence-electron chi connectivity index (χ4n) is 0.808. The quantitative estimate of drug-likeness (QED) is 0.266. The summed E-state index contributed by atoms with van der Waals surface area (Å²) in [6.07, 6.45) is 0. The zero-order chi connectivity index (χ0) is 13.6. The molecule has 0 heterocycles. The molecule has 0 radical (unpaired) electrons. The van der Waals surface area contributed by atoms with E-state index in [0.717, 1.165) is 11.5 Å².